The lowest BCUT2D eigenvalue weighted by Crippen LogP contribution is -2.20. The Morgan fingerprint density at radius 3 is 2.52 bits per heavy atom. The maximum atomic E-state index is 12.1. The number of benzene rings is 1. The van der Waals surface area contributed by atoms with Crippen molar-refractivity contribution in [3.63, 3.8) is 0 Å². The summed E-state index contributed by atoms with van der Waals surface area (Å²) in [6.07, 6.45) is 2.94. The third-order valence-corrected chi connectivity index (χ3v) is 5.50. The number of thiophene rings is 1. The number of anilines is 2. The van der Waals surface area contributed by atoms with Gasteiger partial charge in [-0.25, -0.2) is 4.79 Å². The van der Waals surface area contributed by atoms with Gasteiger partial charge in [-0.05, 0) is 68.2 Å². The Morgan fingerprint density at radius 2 is 1.88 bits per heavy atom. The molecule has 2 N–H and O–H groups in total. The molecule has 0 spiro atoms. The van der Waals surface area contributed by atoms with Crippen LogP contribution in [0.4, 0.5) is 10.7 Å². The average molecular weight is 374 g/mol. The summed E-state index contributed by atoms with van der Waals surface area (Å²) in [5.41, 5.74) is 3.09. The van der Waals surface area contributed by atoms with E-state index in [9.17, 15) is 9.59 Å². The van der Waals surface area contributed by atoms with Crippen LogP contribution in [0.15, 0.2) is 24.3 Å². The zero-order valence-electron chi connectivity index (χ0n) is 14.0. The highest BCUT2D eigenvalue weighted by Crippen LogP contribution is 2.39. The average Bonchev–Trinajstić information content (AvgIpc) is 3.15. The third kappa shape index (κ3) is 3.72. The van der Waals surface area contributed by atoms with Gasteiger partial charge in [0.15, 0.2) is 10.9 Å². The molecule has 1 aliphatic carbocycles. The smallest absolute Gasteiger partial charge is 0.341 e. The van der Waals surface area contributed by atoms with Gasteiger partial charge in [-0.3, -0.25) is 4.79 Å². The summed E-state index contributed by atoms with van der Waals surface area (Å²) < 4.78 is 4.93. The van der Waals surface area contributed by atoms with Crippen LogP contribution in [0, 0.1) is 0 Å². The van der Waals surface area contributed by atoms with E-state index < -0.39 is 0 Å². The van der Waals surface area contributed by atoms with Crippen LogP contribution in [0.3, 0.4) is 0 Å². The van der Waals surface area contributed by atoms with E-state index in [1.807, 2.05) is 0 Å². The Morgan fingerprint density at radius 1 is 1.16 bits per heavy atom. The number of thiocarbonyl (C=S) groups is 1. The first-order valence-corrected chi connectivity index (χ1v) is 9.14. The standard InChI is InChI=1S/C18H18N2O3S2/c1-10(21)11-6-8-12(9-7-11)19-18(24)20-16-15(17(22)23-2)13-4-3-5-14(13)25-16/h6-9H,3-5H2,1-2H3,(H2,19,20,24). The molecule has 1 heterocycles. The van der Waals surface area contributed by atoms with Crippen molar-refractivity contribution in [1.29, 1.82) is 0 Å². The number of fused-ring (bicyclic) bond motifs is 1. The Bertz CT molecular complexity index is 841. The van der Waals surface area contributed by atoms with E-state index >= 15 is 0 Å². The second-order valence-electron chi connectivity index (χ2n) is 5.77. The molecule has 0 atom stereocenters. The van der Waals surface area contributed by atoms with Crippen molar-refractivity contribution >= 4 is 51.1 Å². The van der Waals surface area contributed by atoms with Crippen molar-refractivity contribution in [2.24, 2.45) is 0 Å². The Kier molecular flexibility index (Phi) is 5.15. The summed E-state index contributed by atoms with van der Waals surface area (Å²) in [6.45, 7) is 1.53. The SMILES string of the molecule is COC(=O)c1c(NC(=S)Nc2ccc(C(C)=O)cc2)sc2c1CCC2. The van der Waals surface area contributed by atoms with Crippen molar-refractivity contribution in [2.45, 2.75) is 26.2 Å². The number of hydrogen-bond donors (Lipinski definition) is 2. The largest absolute Gasteiger partial charge is 0.465 e. The summed E-state index contributed by atoms with van der Waals surface area (Å²) in [6, 6.07) is 7.07. The number of methoxy groups -OCH3 is 1. The highest BCUT2D eigenvalue weighted by Gasteiger charge is 2.27. The fraction of sp³-hybridized carbons (Fsp3) is 0.278. The number of hydrogen-bond acceptors (Lipinski definition) is 5. The first-order valence-electron chi connectivity index (χ1n) is 7.91. The second kappa shape index (κ2) is 7.33. The fourth-order valence-corrected chi connectivity index (χ4v) is 4.43. The van der Waals surface area contributed by atoms with E-state index in [1.165, 1.54) is 18.9 Å². The van der Waals surface area contributed by atoms with Crippen LogP contribution in [-0.4, -0.2) is 24.0 Å². The van der Waals surface area contributed by atoms with Gasteiger partial charge in [-0.15, -0.1) is 11.3 Å². The molecule has 2 aromatic rings. The van der Waals surface area contributed by atoms with Crippen molar-refractivity contribution in [2.75, 3.05) is 17.7 Å². The zero-order chi connectivity index (χ0) is 18.0. The number of nitrogens with one attached hydrogen (secondary N) is 2. The van der Waals surface area contributed by atoms with Gasteiger partial charge in [0.2, 0.25) is 0 Å². The second-order valence-corrected chi connectivity index (χ2v) is 7.28. The van der Waals surface area contributed by atoms with Crippen LogP contribution in [0.2, 0.25) is 0 Å². The van der Waals surface area contributed by atoms with Gasteiger partial charge in [-0.2, -0.15) is 0 Å². The highest BCUT2D eigenvalue weighted by molar-refractivity contribution is 7.80. The molecule has 0 amide bonds. The molecule has 25 heavy (non-hydrogen) atoms. The molecule has 0 saturated heterocycles. The van der Waals surface area contributed by atoms with Crippen LogP contribution in [0.25, 0.3) is 0 Å². The molecule has 130 valence electrons. The van der Waals surface area contributed by atoms with Crippen LogP contribution < -0.4 is 10.6 Å². The third-order valence-electron chi connectivity index (χ3n) is 4.09. The van der Waals surface area contributed by atoms with E-state index in [1.54, 1.807) is 35.6 Å². The van der Waals surface area contributed by atoms with E-state index in [2.05, 4.69) is 10.6 Å². The minimum Gasteiger partial charge on any atom is -0.465 e. The van der Waals surface area contributed by atoms with Gasteiger partial charge in [0, 0.05) is 16.1 Å². The molecular weight excluding hydrogens is 356 g/mol. The van der Waals surface area contributed by atoms with Gasteiger partial charge < -0.3 is 15.4 Å². The topological polar surface area (TPSA) is 67.4 Å². The van der Waals surface area contributed by atoms with Gasteiger partial charge in [0.25, 0.3) is 0 Å². The molecule has 1 aromatic carbocycles. The minimum absolute atomic E-state index is 0.0167. The number of carbonyl (C=O) groups is 2. The first kappa shape index (κ1) is 17.6. The summed E-state index contributed by atoms with van der Waals surface area (Å²) in [4.78, 5) is 24.7. The molecular formula is C18H18N2O3S2. The van der Waals surface area contributed by atoms with E-state index in [0.29, 0.717) is 16.2 Å². The summed E-state index contributed by atoms with van der Waals surface area (Å²) >= 11 is 6.91. The molecule has 0 aliphatic heterocycles. The maximum absolute atomic E-state index is 12.1. The van der Waals surface area contributed by atoms with Crippen LogP contribution in [0.1, 0.15) is 44.5 Å². The summed E-state index contributed by atoms with van der Waals surface area (Å²) in [5.74, 6) is -0.321. The van der Waals surface area contributed by atoms with Crippen molar-refractivity contribution < 1.29 is 14.3 Å². The number of carbonyl (C=O) groups excluding carboxylic acids is 2. The number of aryl methyl sites for hydroxylation is 1. The van der Waals surface area contributed by atoms with Crippen LogP contribution >= 0.6 is 23.6 Å². The number of Topliss-reactive ketones (excluding diaryl/α,β-unsaturated/α-hetero) is 1. The molecule has 1 aromatic heterocycles. The molecule has 5 nitrogen and oxygen atoms in total. The molecule has 7 heteroatoms. The molecule has 0 radical (unpaired) electrons. The first-order chi connectivity index (χ1) is 12.0. The highest BCUT2D eigenvalue weighted by atomic mass is 32.1. The zero-order valence-corrected chi connectivity index (χ0v) is 15.6. The van der Waals surface area contributed by atoms with Crippen molar-refractivity contribution in [3.8, 4) is 0 Å². The molecule has 0 fully saturated rings. The summed E-state index contributed by atoms with van der Waals surface area (Å²) in [7, 11) is 1.39. The van der Waals surface area contributed by atoms with Gasteiger partial charge in [0.1, 0.15) is 5.00 Å². The van der Waals surface area contributed by atoms with Crippen molar-refractivity contribution in [1.82, 2.24) is 0 Å². The molecule has 0 bridgehead atoms. The minimum atomic E-state index is -0.337. The number of ether oxygens (including phenoxy) is 1. The summed E-state index contributed by atoms with van der Waals surface area (Å²) in [5, 5.41) is 7.29. The Labute approximate surface area is 155 Å². The monoisotopic (exact) mass is 374 g/mol. The maximum Gasteiger partial charge on any atom is 0.341 e. The molecule has 0 saturated carbocycles. The van der Waals surface area contributed by atoms with E-state index in [-0.39, 0.29) is 11.8 Å². The predicted octanol–water partition coefficient (Wildman–Crippen LogP) is 4.03. The van der Waals surface area contributed by atoms with Gasteiger partial charge >= 0.3 is 5.97 Å². The number of esters is 1. The lowest BCUT2D eigenvalue weighted by atomic mass is 10.1. The fourth-order valence-electron chi connectivity index (χ4n) is 2.86. The van der Waals surface area contributed by atoms with Crippen LogP contribution in [0.5, 0.6) is 0 Å². The van der Waals surface area contributed by atoms with E-state index in [0.717, 1.165) is 35.5 Å². The molecule has 3 rings (SSSR count). The Hall–Kier alpha value is -2.25. The number of ketones is 1. The van der Waals surface area contributed by atoms with Gasteiger partial charge in [-0.1, -0.05) is 0 Å². The van der Waals surface area contributed by atoms with Crippen LogP contribution in [-0.2, 0) is 17.6 Å². The van der Waals surface area contributed by atoms with Crippen molar-refractivity contribution in [3.05, 3.63) is 45.8 Å². The molecule has 0 unspecified atom stereocenters. The predicted molar refractivity (Wildman–Crippen MR) is 104 cm³/mol. The normalized spacial score (nSPS) is 12.4. The van der Waals surface area contributed by atoms with E-state index in [4.69, 9.17) is 17.0 Å². The lowest BCUT2D eigenvalue weighted by molar-refractivity contribution is 0.0601. The lowest BCUT2D eigenvalue weighted by Gasteiger charge is -2.11. The Balaban J connectivity index is 1.75. The number of rotatable bonds is 4. The molecule has 1 aliphatic rings. The quantitative estimate of drug-likeness (QED) is 0.478. The van der Waals surface area contributed by atoms with Gasteiger partial charge in [0.05, 0.1) is 12.7 Å².